The Hall–Kier alpha value is -1.10. The van der Waals surface area contributed by atoms with Crippen molar-refractivity contribution in [2.24, 2.45) is 5.73 Å². The molecular weight excluding hydrogens is 252 g/mol. The highest BCUT2D eigenvalue weighted by atomic mass is 35.5. The predicted octanol–water partition coefficient (Wildman–Crippen LogP) is 1.32. The van der Waals surface area contributed by atoms with Crippen LogP contribution < -0.4 is 5.73 Å². The lowest BCUT2D eigenvalue weighted by molar-refractivity contribution is -0.134. The first-order valence-electron chi connectivity index (χ1n) is 6.07. The Kier molecular flexibility index (Phi) is 4.22. The predicted molar refractivity (Wildman–Crippen MR) is 70.2 cm³/mol. The molecule has 1 fully saturated rings. The summed E-state index contributed by atoms with van der Waals surface area (Å²) in [6.07, 6.45) is 1.03. The van der Waals surface area contributed by atoms with Crippen LogP contribution in [0.1, 0.15) is 24.5 Å². The van der Waals surface area contributed by atoms with Gasteiger partial charge in [-0.05, 0) is 30.5 Å². The maximum atomic E-state index is 12.0. The second kappa shape index (κ2) is 5.69. The zero-order valence-corrected chi connectivity index (χ0v) is 10.8. The van der Waals surface area contributed by atoms with Crippen LogP contribution in [0.5, 0.6) is 0 Å². The molecule has 1 aromatic carbocycles. The summed E-state index contributed by atoms with van der Waals surface area (Å²) in [6.45, 7) is 1.47. The monoisotopic (exact) mass is 268 g/mol. The lowest BCUT2D eigenvalue weighted by Crippen LogP contribution is -2.45. The van der Waals surface area contributed by atoms with E-state index in [4.69, 9.17) is 17.3 Å². The number of hydrogen-bond donors (Lipinski definition) is 2. The molecule has 4 nitrogen and oxygen atoms in total. The number of rotatable bonds is 3. The van der Waals surface area contributed by atoms with Gasteiger partial charge in [-0.2, -0.15) is 0 Å². The van der Waals surface area contributed by atoms with E-state index in [2.05, 4.69) is 0 Å². The normalized spacial score (nSPS) is 18.7. The highest BCUT2D eigenvalue weighted by Gasteiger charge is 2.29. The number of halogens is 1. The topological polar surface area (TPSA) is 66.6 Å². The van der Waals surface area contributed by atoms with E-state index in [0.717, 1.165) is 25.9 Å². The average Bonchev–Trinajstić information content (AvgIpc) is 2.91. The van der Waals surface area contributed by atoms with Crippen molar-refractivity contribution in [3.63, 3.8) is 0 Å². The zero-order valence-electron chi connectivity index (χ0n) is 10.1. The third kappa shape index (κ3) is 2.83. The minimum atomic E-state index is -0.990. The molecule has 0 saturated carbocycles. The molecule has 1 heterocycles. The van der Waals surface area contributed by atoms with Crippen molar-refractivity contribution in [2.75, 3.05) is 13.1 Å². The first-order valence-corrected chi connectivity index (χ1v) is 6.45. The van der Waals surface area contributed by atoms with E-state index in [1.165, 1.54) is 0 Å². The van der Waals surface area contributed by atoms with Gasteiger partial charge in [-0.3, -0.25) is 4.79 Å². The molecule has 0 aromatic heterocycles. The summed E-state index contributed by atoms with van der Waals surface area (Å²) in [5, 5.41) is 10.7. The lowest BCUT2D eigenvalue weighted by atomic mass is 10.0. The van der Waals surface area contributed by atoms with Crippen LogP contribution in [0.2, 0.25) is 5.02 Å². The van der Waals surface area contributed by atoms with E-state index in [0.29, 0.717) is 10.6 Å². The van der Waals surface area contributed by atoms with Crippen LogP contribution in [0, 0.1) is 0 Å². The first-order chi connectivity index (χ1) is 8.59. The van der Waals surface area contributed by atoms with Gasteiger partial charge in [0, 0.05) is 18.1 Å². The Bertz CT molecular complexity index is 416. The first kappa shape index (κ1) is 13.3. The summed E-state index contributed by atoms with van der Waals surface area (Å²) in [5.41, 5.74) is 6.45. The van der Waals surface area contributed by atoms with Crippen LogP contribution in [0.3, 0.4) is 0 Å². The second-order valence-corrected chi connectivity index (χ2v) is 4.99. The summed E-state index contributed by atoms with van der Waals surface area (Å²) in [6, 6.07) is 5.80. The van der Waals surface area contributed by atoms with Crippen LogP contribution in [0.4, 0.5) is 0 Å². The molecule has 18 heavy (non-hydrogen) atoms. The number of aliphatic hydroxyl groups excluding tert-OH is 1. The number of carbonyl (C=O) groups excluding carboxylic acids is 1. The Morgan fingerprint density at radius 2 is 1.83 bits per heavy atom. The minimum absolute atomic E-state index is 0.185. The Balaban J connectivity index is 2.05. The van der Waals surface area contributed by atoms with Gasteiger partial charge < -0.3 is 15.7 Å². The van der Waals surface area contributed by atoms with E-state index >= 15 is 0 Å². The second-order valence-electron chi connectivity index (χ2n) is 4.55. The molecule has 3 N–H and O–H groups in total. The van der Waals surface area contributed by atoms with Crippen molar-refractivity contribution >= 4 is 17.5 Å². The van der Waals surface area contributed by atoms with Crippen molar-refractivity contribution in [3.05, 3.63) is 34.9 Å². The standard InChI is InChI=1S/C13H17ClN2O2/c14-10-5-3-9(4-6-10)12(17)11(15)13(18)16-7-1-2-8-16/h3-6,11-12,17H,1-2,7-8,15H2. The van der Waals surface area contributed by atoms with Crippen LogP contribution in [0.25, 0.3) is 0 Å². The van der Waals surface area contributed by atoms with E-state index in [9.17, 15) is 9.90 Å². The van der Waals surface area contributed by atoms with Gasteiger partial charge in [-0.1, -0.05) is 23.7 Å². The van der Waals surface area contributed by atoms with Crippen molar-refractivity contribution in [3.8, 4) is 0 Å². The molecule has 98 valence electrons. The Morgan fingerprint density at radius 1 is 1.28 bits per heavy atom. The molecule has 5 heteroatoms. The third-order valence-corrected chi connectivity index (χ3v) is 3.51. The van der Waals surface area contributed by atoms with Gasteiger partial charge in [0.15, 0.2) is 0 Å². The fourth-order valence-corrected chi connectivity index (χ4v) is 2.28. The van der Waals surface area contributed by atoms with Gasteiger partial charge >= 0.3 is 0 Å². The molecule has 1 amide bonds. The maximum Gasteiger partial charge on any atom is 0.242 e. The zero-order chi connectivity index (χ0) is 13.1. The fraction of sp³-hybridized carbons (Fsp3) is 0.462. The molecule has 1 saturated heterocycles. The summed E-state index contributed by atoms with van der Waals surface area (Å²) in [7, 11) is 0. The van der Waals surface area contributed by atoms with Gasteiger partial charge in [0.2, 0.25) is 5.91 Å². The number of benzene rings is 1. The van der Waals surface area contributed by atoms with Crippen molar-refractivity contribution in [2.45, 2.75) is 25.0 Å². The molecule has 2 atom stereocenters. The molecule has 1 aromatic rings. The molecule has 1 aliphatic heterocycles. The Labute approximate surface area is 111 Å². The highest BCUT2D eigenvalue weighted by molar-refractivity contribution is 6.30. The number of carbonyl (C=O) groups is 1. The lowest BCUT2D eigenvalue weighted by Gasteiger charge is -2.24. The van der Waals surface area contributed by atoms with E-state index < -0.39 is 12.1 Å². The largest absolute Gasteiger partial charge is 0.386 e. The number of hydrogen-bond acceptors (Lipinski definition) is 3. The molecule has 0 spiro atoms. The fourth-order valence-electron chi connectivity index (χ4n) is 2.15. The van der Waals surface area contributed by atoms with Crippen molar-refractivity contribution in [1.29, 1.82) is 0 Å². The summed E-state index contributed by atoms with van der Waals surface area (Å²) in [5.74, 6) is -0.185. The van der Waals surface area contributed by atoms with Crippen LogP contribution in [-0.2, 0) is 4.79 Å². The van der Waals surface area contributed by atoms with Crippen molar-refractivity contribution < 1.29 is 9.90 Å². The molecule has 0 aliphatic carbocycles. The van der Waals surface area contributed by atoms with Gasteiger partial charge in [-0.15, -0.1) is 0 Å². The summed E-state index contributed by atoms with van der Waals surface area (Å²) >= 11 is 5.77. The number of aliphatic hydroxyl groups is 1. The average molecular weight is 269 g/mol. The summed E-state index contributed by atoms with van der Waals surface area (Å²) in [4.78, 5) is 13.8. The van der Waals surface area contributed by atoms with Crippen molar-refractivity contribution in [1.82, 2.24) is 4.90 Å². The third-order valence-electron chi connectivity index (χ3n) is 3.25. The number of nitrogens with zero attached hydrogens (tertiary/aromatic N) is 1. The quantitative estimate of drug-likeness (QED) is 0.869. The molecule has 2 rings (SSSR count). The smallest absolute Gasteiger partial charge is 0.242 e. The molecule has 2 unspecified atom stereocenters. The minimum Gasteiger partial charge on any atom is -0.386 e. The number of amides is 1. The number of likely N-dealkylation sites (tertiary alicyclic amines) is 1. The van der Waals surface area contributed by atoms with E-state index in [1.54, 1.807) is 29.2 Å². The molecular formula is C13H17ClN2O2. The van der Waals surface area contributed by atoms with Gasteiger partial charge in [0.05, 0.1) is 0 Å². The summed E-state index contributed by atoms with van der Waals surface area (Å²) < 4.78 is 0. The maximum absolute atomic E-state index is 12.0. The van der Waals surface area contributed by atoms with Crippen LogP contribution in [-0.4, -0.2) is 35.0 Å². The Morgan fingerprint density at radius 3 is 2.39 bits per heavy atom. The van der Waals surface area contributed by atoms with Gasteiger partial charge in [0.25, 0.3) is 0 Å². The SMILES string of the molecule is NC(C(=O)N1CCCC1)C(O)c1ccc(Cl)cc1. The van der Waals surface area contributed by atoms with Crippen LogP contribution in [0.15, 0.2) is 24.3 Å². The van der Waals surface area contributed by atoms with E-state index in [1.807, 2.05) is 0 Å². The highest BCUT2D eigenvalue weighted by Crippen LogP contribution is 2.20. The van der Waals surface area contributed by atoms with Gasteiger partial charge in [-0.25, -0.2) is 0 Å². The molecule has 1 aliphatic rings. The number of nitrogens with two attached hydrogens (primary N) is 1. The van der Waals surface area contributed by atoms with E-state index in [-0.39, 0.29) is 5.91 Å². The van der Waals surface area contributed by atoms with Crippen LogP contribution >= 0.6 is 11.6 Å². The molecule has 0 bridgehead atoms. The van der Waals surface area contributed by atoms with Gasteiger partial charge in [0.1, 0.15) is 12.1 Å². The molecule has 0 radical (unpaired) electrons.